The molecule has 0 spiro atoms. The Morgan fingerprint density at radius 2 is 2.11 bits per heavy atom. The predicted octanol–water partition coefficient (Wildman–Crippen LogP) is 1.12. The van der Waals surface area contributed by atoms with Crippen molar-refractivity contribution in [1.29, 1.82) is 0 Å². The number of nitrogens with zero attached hydrogens (tertiary/aromatic N) is 3. The molecule has 1 amide bonds. The van der Waals surface area contributed by atoms with Crippen LogP contribution in [0.25, 0.3) is 0 Å². The second-order valence-electron chi connectivity index (χ2n) is 6.17. The van der Waals surface area contributed by atoms with Gasteiger partial charge in [-0.15, -0.1) is 0 Å². The van der Waals surface area contributed by atoms with E-state index in [1.807, 2.05) is 34.9 Å². The van der Waals surface area contributed by atoms with Crippen LogP contribution in [0.15, 0.2) is 4.99 Å². The summed E-state index contributed by atoms with van der Waals surface area (Å²) in [7, 11) is 3.72. The number of rotatable bonds is 2. The highest BCUT2D eigenvalue weighted by Crippen LogP contribution is 2.19. The standard InChI is InChI=1S/C13H26N4O2/c1-13(2,3)19-12(18)17-7-6-10(9-17)8-15-11(14)16(4)5/h10H,6-9H2,1-5H3,(H2,14,15)/t10-/m1/s1. The van der Waals surface area contributed by atoms with Crippen molar-refractivity contribution in [2.24, 2.45) is 16.6 Å². The van der Waals surface area contributed by atoms with Gasteiger partial charge < -0.3 is 20.3 Å². The lowest BCUT2D eigenvalue weighted by Gasteiger charge is -2.24. The number of carbonyl (C=O) groups excluding carboxylic acids is 1. The third kappa shape index (κ3) is 5.36. The SMILES string of the molecule is CN(C)C(N)=NC[C@H]1CCN(C(=O)OC(C)(C)C)C1. The lowest BCUT2D eigenvalue weighted by atomic mass is 10.1. The van der Waals surface area contributed by atoms with E-state index < -0.39 is 5.60 Å². The molecule has 6 nitrogen and oxygen atoms in total. The van der Waals surface area contributed by atoms with Gasteiger partial charge in [-0.1, -0.05) is 0 Å². The summed E-state index contributed by atoms with van der Waals surface area (Å²) in [5, 5.41) is 0. The van der Waals surface area contributed by atoms with Crippen LogP contribution in [0.5, 0.6) is 0 Å². The molecule has 1 aliphatic heterocycles. The number of hydrogen-bond acceptors (Lipinski definition) is 3. The van der Waals surface area contributed by atoms with Gasteiger partial charge in [0.25, 0.3) is 0 Å². The van der Waals surface area contributed by atoms with Gasteiger partial charge in [0.15, 0.2) is 5.96 Å². The fourth-order valence-corrected chi connectivity index (χ4v) is 1.84. The van der Waals surface area contributed by atoms with Crippen LogP contribution in [0.3, 0.4) is 0 Å². The molecule has 19 heavy (non-hydrogen) atoms. The minimum absolute atomic E-state index is 0.237. The molecule has 110 valence electrons. The molecule has 0 radical (unpaired) electrons. The zero-order valence-corrected chi connectivity index (χ0v) is 12.6. The second-order valence-corrected chi connectivity index (χ2v) is 6.17. The zero-order valence-electron chi connectivity index (χ0n) is 12.6. The molecular formula is C13H26N4O2. The van der Waals surface area contributed by atoms with E-state index in [1.165, 1.54) is 0 Å². The van der Waals surface area contributed by atoms with Crippen LogP contribution in [-0.4, -0.2) is 61.2 Å². The van der Waals surface area contributed by atoms with E-state index in [0.29, 0.717) is 25.0 Å². The number of carbonyl (C=O) groups is 1. The maximum absolute atomic E-state index is 11.9. The number of aliphatic imine (C=N–C) groups is 1. The smallest absolute Gasteiger partial charge is 0.410 e. The highest BCUT2D eigenvalue weighted by molar-refractivity contribution is 5.77. The maximum atomic E-state index is 11.9. The molecule has 1 rings (SSSR count). The first-order chi connectivity index (χ1) is 8.69. The van der Waals surface area contributed by atoms with E-state index in [-0.39, 0.29) is 6.09 Å². The fourth-order valence-electron chi connectivity index (χ4n) is 1.84. The normalized spacial score (nSPS) is 20.6. The molecule has 0 saturated carbocycles. The number of hydrogen-bond donors (Lipinski definition) is 1. The monoisotopic (exact) mass is 270 g/mol. The highest BCUT2D eigenvalue weighted by atomic mass is 16.6. The summed E-state index contributed by atoms with van der Waals surface area (Å²) in [6.45, 7) is 7.71. The summed E-state index contributed by atoms with van der Waals surface area (Å²) in [5.41, 5.74) is 5.30. The van der Waals surface area contributed by atoms with E-state index in [4.69, 9.17) is 10.5 Å². The van der Waals surface area contributed by atoms with Gasteiger partial charge in [-0.3, -0.25) is 4.99 Å². The topological polar surface area (TPSA) is 71.2 Å². The van der Waals surface area contributed by atoms with Gasteiger partial charge in [-0.05, 0) is 33.1 Å². The Bertz CT molecular complexity index is 347. The Balaban J connectivity index is 2.42. The molecule has 0 aromatic carbocycles. The van der Waals surface area contributed by atoms with E-state index in [9.17, 15) is 4.79 Å². The van der Waals surface area contributed by atoms with Crippen molar-refractivity contribution in [3.8, 4) is 0 Å². The van der Waals surface area contributed by atoms with Crippen molar-refractivity contribution >= 4 is 12.1 Å². The summed E-state index contributed by atoms with van der Waals surface area (Å²) in [5.74, 6) is 0.890. The third-order valence-electron chi connectivity index (χ3n) is 2.91. The fraction of sp³-hybridized carbons (Fsp3) is 0.846. The van der Waals surface area contributed by atoms with Gasteiger partial charge in [-0.2, -0.15) is 0 Å². The first-order valence-electron chi connectivity index (χ1n) is 6.64. The number of likely N-dealkylation sites (tertiary alicyclic amines) is 1. The maximum Gasteiger partial charge on any atom is 0.410 e. The lowest BCUT2D eigenvalue weighted by molar-refractivity contribution is 0.0289. The van der Waals surface area contributed by atoms with Crippen molar-refractivity contribution < 1.29 is 9.53 Å². The molecule has 0 aromatic rings. The Hall–Kier alpha value is -1.46. The van der Waals surface area contributed by atoms with Crippen LogP contribution in [0.2, 0.25) is 0 Å². The number of ether oxygens (including phenoxy) is 1. The van der Waals surface area contributed by atoms with Gasteiger partial charge >= 0.3 is 6.09 Å². The molecule has 1 saturated heterocycles. The lowest BCUT2D eigenvalue weighted by Crippen LogP contribution is -2.35. The van der Waals surface area contributed by atoms with Crippen LogP contribution in [0.4, 0.5) is 4.79 Å². The van der Waals surface area contributed by atoms with Crippen molar-refractivity contribution in [2.75, 3.05) is 33.7 Å². The number of guanidine groups is 1. The van der Waals surface area contributed by atoms with Crippen LogP contribution in [-0.2, 0) is 4.74 Å². The summed E-state index contributed by atoms with van der Waals surface area (Å²) in [6, 6.07) is 0. The van der Waals surface area contributed by atoms with Gasteiger partial charge in [0, 0.05) is 33.7 Å². The minimum Gasteiger partial charge on any atom is -0.444 e. The molecule has 2 N–H and O–H groups in total. The predicted molar refractivity (Wildman–Crippen MR) is 76.1 cm³/mol. The molecule has 0 unspecified atom stereocenters. The van der Waals surface area contributed by atoms with Gasteiger partial charge in [-0.25, -0.2) is 4.79 Å². The summed E-state index contributed by atoms with van der Waals surface area (Å²) >= 11 is 0. The van der Waals surface area contributed by atoms with Crippen molar-refractivity contribution in [2.45, 2.75) is 32.8 Å². The van der Waals surface area contributed by atoms with Crippen LogP contribution < -0.4 is 5.73 Å². The quantitative estimate of drug-likeness (QED) is 0.603. The molecular weight excluding hydrogens is 244 g/mol. The summed E-state index contributed by atoms with van der Waals surface area (Å²) < 4.78 is 5.35. The van der Waals surface area contributed by atoms with Gasteiger partial charge in [0.05, 0.1) is 0 Å². The third-order valence-corrected chi connectivity index (χ3v) is 2.91. The van der Waals surface area contributed by atoms with Crippen LogP contribution in [0, 0.1) is 5.92 Å². The number of amides is 1. The Labute approximate surface area is 115 Å². The summed E-state index contributed by atoms with van der Waals surface area (Å²) in [6.07, 6.45) is 0.711. The minimum atomic E-state index is -0.442. The molecule has 1 aliphatic rings. The van der Waals surface area contributed by atoms with Crippen molar-refractivity contribution in [3.63, 3.8) is 0 Å². The largest absolute Gasteiger partial charge is 0.444 e. The molecule has 6 heteroatoms. The summed E-state index contributed by atoms with van der Waals surface area (Å²) in [4.78, 5) is 19.7. The average molecular weight is 270 g/mol. The Morgan fingerprint density at radius 1 is 1.47 bits per heavy atom. The van der Waals surface area contributed by atoms with Gasteiger partial charge in [0.2, 0.25) is 0 Å². The number of nitrogens with two attached hydrogens (primary N) is 1. The molecule has 0 aliphatic carbocycles. The molecule has 0 aromatic heterocycles. The Kier molecular flexibility index (Phi) is 5.03. The molecule has 1 heterocycles. The van der Waals surface area contributed by atoms with Crippen molar-refractivity contribution in [3.05, 3.63) is 0 Å². The first kappa shape index (κ1) is 15.6. The van der Waals surface area contributed by atoms with Crippen LogP contribution in [0.1, 0.15) is 27.2 Å². The first-order valence-corrected chi connectivity index (χ1v) is 6.64. The Morgan fingerprint density at radius 3 is 2.63 bits per heavy atom. The molecule has 0 bridgehead atoms. The zero-order chi connectivity index (χ0) is 14.6. The second kappa shape index (κ2) is 6.12. The molecule has 1 atom stereocenters. The van der Waals surface area contributed by atoms with E-state index in [1.54, 1.807) is 9.80 Å². The molecule has 1 fully saturated rings. The van der Waals surface area contributed by atoms with Crippen LogP contribution >= 0.6 is 0 Å². The van der Waals surface area contributed by atoms with E-state index >= 15 is 0 Å². The van der Waals surface area contributed by atoms with Crippen molar-refractivity contribution in [1.82, 2.24) is 9.80 Å². The highest BCUT2D eigenvalue weighted by Gasteiger charge is 2.29. The average Bonchev–Trinajstić information content (AvgIpc) is 2.71. The van der Waals surface area contributed by atoms with E-state index in [2.05, 4.69) is 4.99 Å². The van der Waals surface area contributed by atoms with E-state index in [0.717, 1.165) is 13.0 Å². The van der Waals surface area contributed by atoms with Gasteiger partial charge in [0.1, 0.15) is 5.60 Å².